The molecule has 20 heavy (non-hydrogen) atoms. The van der Waals surface area contributed by atoms with Crippen molar-refractivity contribution in [1.82, 2.24) is 14.9 Å². The summed E-state index contributed by atoms with van der Waals surface area (Å²) in [5.41, 5.74) is 1.52. The van der Waals surface area contributed by atoms with Crippen LogP contribution in [0, 0.1) is 0 Å². The van der Waals surface area contributed by atoms with Gasteiger partial charge in [-0.1, -0.05) is 0 Å². The van der Waals surface area contributed by atoms with Crippen LogP contribution in [0.2, 0.25) is 0 Å². The van der Waals surface area contributed by atoms with Crippen LogP contribution in [-0.2, 0) is 13.5 Å². The van der Waals surface area contributed by atoms with E-state index in [2.05, 4.69) is 10.3 Å². The lowest BCUT2D eigenvalue weighted by molar-refractivity contribution is 0.0953. The molecule has 0 bridgehead atoms. The Morgan fingerprint density at radius 2 is 2.25 bits per heavy atom. The number of nitrogens with zero attached hydrogens (tertiary/aromatic N) is 2. The molecule has 1 aromatic heterocycles. The van der Waals surface area contributed by atoms with Crippen LogP contribution in [0.1, 0.15) is 16.1 Å². The fraction of sp³-hybridized carbons (Fsp3) is 0.286. The van der Waals surface area contributed by atoms with Crippen molar-refractivity contribution in [2.24, 2.45) is 7.05 Å². The summed E-state index contributed by atoms with van der Waals surface area (Å²) in [6.07, 6.45) is 4.39. The minimum atomic E-state index is -0.126. The third-order valence-corrected chi connectivity index (χ3v) is 3.06. The normalized spacial score (nSPS) is 12.4. The van der Waals surface area contributed by atoms with Crippen molar-refractivity contribution in [3.8, 4) is 11.5 Å². The number of fused-ring (bicyclic) bond motifs is 1. The van der Waals surface area contributed by atoms with Gasteiger partial charge in [-0.05, 0) is 18.2 Å². The van der Waals surface area contributed by atoms with Gasteiger partial charge in [0, 0.05) is 31.8 Å². The average Bonchev–Trinajstić information content (AvgIpc) is 3.06. The minimum absolute atomic E-state index is 0.126. The third kappa shape index (κ3) is 2.59. The Bertz CT molecular complexity index is 636. The van der Waals surface area contributed by atoms with Crippen LogP contribution in [-0.4, -0.2) is 28.8 Å². The smallest absolute Gasteiger partial charge is 0.251 e. The summed E-state index contributed by atoms with van der Waals surface area (Å²) in [6, 6.07) is 5.16. The van der Waals surface area contributed by atoms with Gasteiger partial charge in [0.1, 0.15) is 0 Å². The van der Waals surface area contributed by atoms with Crippen LogP contribution in [0.3, 0.4) is 0 Å². The van der Waals surface area contributed by atoms with Crippen molar-refractivity contribution >= 4 is 5.91 Å². The zero-order chi connectivity index (χ0) is 13.9. The van der Waals surface area contributed by atoms with Gasteiger partial charge in [0.05, 0.1) is 12.0 Å². The molecule has 0 radical (unpaired) electrons. The fourth-order valence-electron chi connectivity index (χ4n) is 2.04. The van der Waals surface area contributed by atoms with Gasteiger partial charge < -0.3 is 19.4 Å². The number of ether oxygens (including phenoxy) is 2. The van der Waals surface area contributed by atoms with Gasteiger partial charge in [-0.15, -0.1) is 0 Å². The van der Waals surface area contributed by atoms with E-state index in [4.69, 9.17) is 9.47 Å². The summed E-state index contributed by atoms with van der Waals surface area (Å²) < 4.78 is 12.3. The van der Waals surface area contributed by atoms with Gasteiger partial charge in [-0.3, -0.25) is 4.79 Å². The first-order valence-corrected chi connectivity index (χ1v) is 6.37. The van der Waals surface area contributed by atoms with Crippen molar-refractivity contribution in [2.45, 2.75) is 6.42 Å². The molecule has 6 heteroatoms. The van der Waals surface area contributed by atoms with Crippen LogP contribution in [0.4, 0.5) is 0 Å². The van der Waals surface area contributed by atoms with E-state index in [9.17, 15) is 4.79 Å². The van der Waals surface area contributed by atoms with E-state index >= 15 is 0 Å². The number of carbonyl (C=O) groups is 1. The van der Waals surface area contributed by atoms with E-state index in [1.807, 2.05) is 17.8 Å². The van der Waals surface area contributed by atoms with Crippen LogP contribution in [0.15, 0.2) is 30.7 Å². The van der Waals surface area contributed by atoms with Gasteiger partial charge in [0.15, 0.2) is 11.5 Å². The molecule has 104 valence electrons. The standard InChI is InChI=1S/C14H15N3O3/c1-17-7-11(16-8-17)4-5-15-14(18)10-2-3-12-13(6-10)20-9-19-12/h2-3,6-8H,4-5,9H2,1H3,(H,15,18). The summed E-state index contributed by atoms with van der Waals surface area (Å²) in [7, 11) is 1.92. The van der Waals surface area contributed by atoms with Crippen LogP contribution >= 0.6 is 0 Å². The summed E-state index contributed by atoms with van der Waals surface area (Å²) in [5.74, 6) is 1.16. The lowest BCUT2D eigenvalue weighted by atomic mass is 10.2. The Morgan fingerprint density at radius 3 is 3.05 bits per heavy atom. The number of imidazole rings is 1. The second-order valence-electron chi connectivity index (χ2n) is 4.60. The number of hydrogen-bond donors (Lipinski definition) is 1. The molecule has 6 nitrogen and oxygen atoms in total. The molecule has 0 spiro atoms. The summed E-state index contributed by atoms with van der Waals surface area (Å²) in [6.45, 7) is 0.754. The van der Waals surface area contributed by atoms with Crippen molar-refractivity contribution in [3.05, 3.63) is 42.0 Å². The largest absolute Gasteiger partial charge is 0.454 e. The Hall–Kier alpha value is -2.50. The van der Waals surface area contributed by atoms with E-state index in [1.54, 1.807) is 24.5 Å². The van der Waals surface area contributed by atoms with E-state index in [0.29, 0.717) is 30.0 Å². The van der Waals surface area contributed by atoms with Crippen molar-refractivity contribution < 1.29 is 14.3 Å². The first-order chi connectivity index (χ1) is 9.72. The summed E-state index contributed by atoms with van der Waals surface area (Å²) in [4.78, 5) is 16.2. The molecule has 0 saturated carbocycles. The van der Waals surface area contributed by atoms with E-state index in [1.165, 1.54) is 0 Å². The number of nitrogens with one attached hydrogen (secondary N) is 1. The first kappa shape index (κ1) is 12.5. The molecule has 1 aliphatic heterocycles. The molecule has 1 aliphatic rings. The number of aromatic nitrogens is 2. The Labute approximate surface area is 116 Å². The minimum Gasteiger partial charge on any atom is -0.454 e. The van der Waals surface area contributed by atoms with Crippen molar-refractivity contribution in [3.63, 3.8) is 0 Å². The molecule has 0 fully saturated rings. The topological polar surface area (TPSA) is 65.4 Å². The molecule has 1 amide bonds. The van der Waals surface area contributed by atoms with Crippen molar-refractivity contribution in [2.75, 3.05) is 13.3 Å². The number of hydrogen-bond acceptors (Lipinski definition) is 4. The highest BCUT2D eigenvalue weighted by Crippen LogP contribution is 2.32. The number of amides is 1. The zero-order valence-corrected chi connectivity index (χ0v) is 11.1. The highest BCUT2D eigenvalue weighted by molar-refractivity contribution is 5.94. The Kier molecular flexibility index (Phi) is 3.28. The van der Waals surface area contributed by atoms with Gasteiger partial charge in [0.25, 0.3) is 5.91 Å². The molecule has 0 atom stereocenters. The van der Waals surface area contributed by atoms with Crippen LogP contribution < -0.4 is 14.8 Å². The van der Waals surface area contributed by atoms with Crippen LogP contribution in [0.25, 0.3) is 0 Å². The maximum absolute atomic E-state index is 12.0. The second kappa shape index (κ2) is 5.24. The zero-order valence-electron chi connectivity index (χ0n) is 11.1. The number of rotatable bonds is 4. The quantitative estimate of drug-likeness (QED) is 0.906. The fourth-order valence-corrected chi connectivity index (χ4v) is 2.04. The van der Waals surface area contributed by atoms with Gasteiger partial charge in [-0.25, -0.2) is 4.98 Å². The predicted octanol–water partition coefficient (Wildman–Crippen LogP) is 1.12. The lowest BCUT2D eigenvalue weighted by Gasteiger charge is -2.05. The predicted molar refractivity (Wildman–Crippen MR) is 71.8 cm³/mol. The molecule has 2 aromatic rings. The van der Waals surface area contributed by atoms with E-state index in [-0.39, 0.29) is 12.7 Å². The Morgan fingerprint density at radius 1 is 1.40 bits per heavy atom. The lowest BCUT2D eigenvalue weighted by Crippen LogP contribution is -2.25. The van der Waals surface area contributed by atoms with Gasteiger partial charge in [-0.2, -0.15) is 0 Å². The maximum atomic E-state index is 12.0. The van der Waals surface area contributed by atoms with Gasteiger partial charge in [0.2, 0.25) is 6.79 Å². The molecular weight excluding hydrogens is 258 g/mol. The summed E-state index contributed by atoms with van der Waals surface area (Å²) >= 11 is 0. The number of carbonyl (C=O) groups excluding carboxylic acids is 1. The molecule has 1 aromatic carbocycles. The maximum Gasteiger partial charge on any atom is 0.251 e. The van der Waals surface area contributed by atoms with Crippen molar-refractivity contribution in [1.29, 1.82) is 0 Å². The third-order valence-electron chi connectivity index (χ3n) is 3.06. The molecular formula is C14H15N3O3. The molecule has 0 unspecified atom stereocenters. The molecule has 3 rings (SSSR count). The van der Waals surface area contributed by atoms with Gasteiger partial charge >= 0.3 is 0 Å². The average molecular weight is 273 g/mol. The second-order valence-corrected chi connectivity index (χ2v) is 4.60. The molecule has 0 saturated heterocycles. The first-order valence-electron chi connectivity index (χ1n) is 6.37. The highest BCUT2D eigenvalue weighted by atomic mass is 16.7. The van der Waals surface area contributed by atoms with E-state index < -0.39 is 0 Å². The Balaban J connectivity index is 1.56. The number of benzene rings is 1. The monoisotopic (exact) mass is 273 g/mol. The van der Waals surface area contributed by atoms with Crippen LogP contribution in [0.5, 0.6) is 11.5 Å². The number of aryl methyl sites for hydroxylation is 1. The molecule has 1 N–H and O–H groups in total. The SMILES string of the molecule is Cn1cnc(CCNC(=O)c2ccc3c(c2)OCO3)c1. The van der Waals surface area contributed by atoms with E-state index in [0.717, 1.165) is 5.69 Å². The summed E-state index contributed by atoms with van der Waals surface area (Å²) in [5, 5.41) is 2.86. The highest BCUT2D eigenvalue weighted by Gasteiger charge is 2.15. The molecule has 0 aliphatic carbocycles. The molecule has 2 heterocycles.